The van der Waals surface area contributed by atoms with Crippen molar-refractivity contribution in [2.75, 3.05) is 35.8 Å². The van der Waals surface area contributed by atoms with Crippen molar-refractivity contribution >= 4 is 45.1 Å². The van der Waals surface area contributed by atoms with E-state index in [0.29, 0.717) is 53.5 Å². The highest BCUT2D eigenvalue weighted by Crippen LogP contribution is 2.30. The molecule has 0 saturated heterocycles. The van der Waals surface area contributed by atoms with Gasteiger partial charge in [0.15, 0.2) is 5.69 Å². The van der Waals surface area contributed by atoms with Crippen LogP contribution >= 0.6 is 15.9 Å². The van der Waals surface area contributed by atoms with Crippen LogP contribution in [-0.2, 0) is 16.0 Å². The van der Waals surface area contributed by atoms with Gasteiger partial charge < -0.3 is 19.7 Å². The number of fused-ring (bicyclic) bond motifs is 1. The fourth-order valence-corrected chi connectivity index (χ4v) is 4.60. The molecule has 1 aliphatic heterocycles. The lowest BCUT2D eigenvalue weighted by Crippen LogP contribution is -2.39. The summed E-state index contributed by atoms with van der Waals surface area (Å²) in [6.07, 6.45) is 2.65. The van der Waals surface area contributed by atoms with E-state index < -0.39 is 5.97 Å². The molecule has 3 aromatic rings. The number of nitrogens with one attached hydrogen (secondary N) is 1. The van der Waals surface area contributed by atoms with E-state index in [9.17, 15) is 14.4 Å². The molecule has 194 valence electrons. The molecule has 37 heavy (non-hydrogen) atoms. The van der Waals surface area contributed by atoms with E-state index in [2.05, 4.69) is 26.3 Å². The van der Waals surface area contributed by atoms with Gasteiger partial charge in [0.2, 0.25) is 5.91 Å². The van der Waals surface area contributed by atoms with Gasteiger partial charge in [-0.2, -0.15) is 5.10 Å². The molecule has 1 N–H and O–H groups in total. The van der Waals surface area contributed by atoms with E-state index in [-0.39, 0.29) is 24.1 Å². The van der Waals surface area contributed by atoms with E-state index in [4.69, 9.17) is 9.47 Å². The standard InChI is InChI=1S/C27H29BrN4O5/c1-3-37-27(35)24-22-15-17-31(19-9-7-18(8-10-19)29-23(33)6-4-5-16-28)26(34)25(22)32(30-24)20-11-13-21(36-2)14-12-20/h7-14H,3-6,15-17H2,1-2H3,(H,29,33). The number of carbonyl (C=O) groups is 3. The van der Waals surface area contributed by atoms with Gasteiger partial charge in [0.1, 0.15) is 11.4 Å². The number of amides is 2. The third-order valence-electron chi connectivity index (χ3n) is 6.05. The van der Waals surface area contributed by atoms with Crippen LogP contribution in [-0.4, -0.2) is 53.2 Å². The quantitative estimate of drug-likeness (QED) is 0.215. The molecule has 10 heteroatoms. The second-order valence-corrected chi connectivity index (χ2v) is 9.25. The molecule has 0 radical (unpaired) electrons. The molecule has 2 amide bonds. The van der Waals surface area contributed by atoms with Crippen LogP contribution in [0, 0.1) is 0 Å². The monoisotopic (exact) mass is 568 g/mol. The summed E-state index contributed by atoms with van der Waals surface area (Å²) < 4.78 is 11.9. The van der Waals surface area contributed by atoms with Crippen molar-refractivity contribution in [1.82, 2.24) is 9.78 Å². The first-order valence-electron chi connectivity index (χ1n) is 12.2. The molecular weight excluding hydrogens is 540 g/mol. The first kappa shape index (κ1) is 26.4. The van der Waals surface area contributed by atoms with E-state index in [1.165, 1.54) is 4.68 Å². The Morgan fingerprint density at radius 3 is 2.41 bits per heavy atom. The van der Waals surface area contributed by atoms with Gasteiger partial charge in [0.05, 0.1) is 19.4 Å². The normalized spacial score (nSPS) is 12.7. The van der Waals surface area contributed by atoms with Gasteiger partial charge in [-0.15, -0.1) is 0 Å². The number of halogens is 1. The smallest absolute Gasteiger partial charge is 0.359 e. The highest BCUT2D eigenvalue weighted by atomic mass is 79.9. The van der Waals surface area contributed by atoms with Gasteiger partial charge in [-0.1, -0.05) is 15.9 Å². The number of esters is 1. The first-order valence-corrected chi connectivity index (χ1v) is 13.3. The Kier molecular flexibility index (Phi) is 8.60. The molecule has 0 fully saturated rings. The maximum atomic E-state index is 13.8. The van der Waals surface area contributed by atoms with E-state index in [1.54, 1.807) is 67.5 Å². The fraction of sp³-hybridized carbons (Fsp3) is 0.333. The van der Waals surface area contributed by atoms with Crippen molar-refractivity contribution in [2.24, 2.45) is 0 Å². The minimum Gasteiger partial charge on any atom is -0.497 e. The maximum absolute atomic E-state index is 13.8. The topological polar surface area (TPSA) is 103 Å². The summed E-state index contributed by atoms with van der Waals surface area (Å²) in [5, 5.41) is 8.26. The molecule has 0 atom stereocenters. The number of rotatable bonds is 10. The molecular formula is C27H29BrN4O5. The molecule has 2 heterocycles. The molecule has 0 bridgehead atoms. The van der Waals surface area contributed by atoms with Gasteiger partial charge >= 0.3 is 5.97 Å². The van der Waals surface area contributed by atoms with Crippen LogP contribution in [0.25, 0.3) is 5.69 Å². The lowest BCUT2D eigenvalue weighted by molar-refractivity contribution is -0.116. The van der Waals surface area contributed by atoms with Crippen molar-refractivity contribution in [3.05, 3.63) is 65.5 Å². The Morgan fingerprint density at radius 1 is 1.05 bits per heavy atom. The number of aromatic nitrogens is 2. The lowest BCUT2D eigenvalue weighted by atomic mass is 10.0. The van der Waals surface area contributed by atoms with Crippen LogP contribution in [0.3, 0.4) is 0 Å². The van der Waals surface area contributed by atoms with Crippen molar-refractivity contribution in [2.45, 2.75) is 32.6 Å². The number of unbranched alkanes of at least 4 members (excludes halogenated alkanes) is 1. The Balaban J connectivity index is 1.61. The van der Waals surface area contributed by atoms with E-state index >= 15 is 0 Å². The Morgan fingerprint density at radius 2 is 1.76 bits per heavy atom. The summed E-state index contributed by atoms with van der Waals surface area (Å²) in [6, 6.07) is 14.3. The number of anilines is 2. The molecule has 1 aromatic heterocycles. The van der Waals surface area contributed by atoms with Gasteiger partial charge in [0.25, 0.3) is 5.91 Å². The molecule has 0 aliphatic carbocycles. The molecule has 0 spiro atoms. The van der Waals surface area contributed by atoms with E-state index in [0.717, 1.165) is 18.2 Å². The van der Waals surface area contributed by atoms with Gasteiger partial charge in [-0.3, -0.25) is 9.59 Å². The summed E-state index contributed by atoms with van der Waals surface area (Å²) in [5.41, 5.74) is 3.03. The largest absolute Gasteiger partial charge is 0.497 e. The van der Waals surface area contributed by atoms with E-state index in [1.807, 2.05) is 0 Å². The highest BCUT2D eigenvalue weighted by molar-refractivity contribution is 9.09. The molecule has 2 aromatic carbocycles. The number of hydrogen-bond acceptors (Lipinski definition) is 6. The number of carbonyl (C=O) groups excluding carboxylic acids is 3. The van der Waals surface area contributed by atoms with Gasteiger partial charge in [-0.25, -0.2) is 9.48 Å². The predicted molar refractivity (Wildman–Crippen MR) is 144 cm³/mol. The minimum atomic E-state index is -0.552. The lowest BCUT2D eigenvalue weighted by Gasteiger charge is -2.28. The van der Waals surface area contributed by atoms with Crippen LogP contribution in [0.4, 0.5) is 11.4 Å². The first-order chi connectivity index (χ1) is 18.0. The summed E-state index contributed by atoms with van der Waals surface area (Å²) in [5.74, 6) is -0.198. The highest BCUT2D eigenvalue weighted by Gasteiger charge is 2.35. The second kappa shape index (κ2) is 12.1. The van der Waals surface area contributed by atoms with Crippen LogP contribution in [0.2, 0.25) is 0 Å². The predicted octanol–water partition coefficient (Wildman–Crippen LogP) is 4.76. The minimum absolute atomic E-state index is 0.0396. The molecule has 9 nitrogen and oxygen atoms in total. The Hall–Kier alpha value is -3.66. The number of alkyl halides is 1. The molecule has 1 aliphatic rings. The zero-order chi connectivity index (χ0) is 26.4. The summed E-state index contributed by atoms with van der Waals surface area (Å²) in [7, 11) is 1.58. The summed E-state index contributed by atoms with van der Waals surface area (Å²) in [4.78, 5) is 40.2. The van der Waals surface area contributed by atoms with Crippen LogP contribution in [0.15, 0.2) is 48.5 Å². The molecule has 0 unspecified atom stereocenters. The third kappa shape index (κ3) is 5.85. The maximum Gasteiger partial charge on any atom is 0.359 e. The average molecular weight is 569 g/mol. The number of methoxy groups -OCH3 is 1. The van der Waals surface area contributed by atoms with Crippen LogP contribution in [0.5, 0.6) is 5.75 Å². The van der Waals surface area contributed by atoms with Crippen molar-refractivity contribution in [3.8, 4) is 11.4 Å². The van der Waals surface area contributed by atoms with Crippen molar-refractivity contribution < 1.29 is 23.9 Å². The number of benzene rings is 2. The number of nitrogens with zero attached hydrogens (tertiary/aromatic N) is 3. The molecule has 0 saturated carbocycles. The summed E-state index contributed by atoms with van der Waals surface area (Å²) in [6.45, 7) is 2.32. The Labute approximate surface area is 223 Å². The van der Waals surface area contributed by atoms with Gasteiger partial charge in [0, 0.05) is 35.2 Å². The zero-order valence-corrected chi connectivity index (χ0v) is 22.4. The third-order valence-corrected chi connectivity index (χ3v) is 6.61. The summed E-state index contributed by atoms with van der Waals surface area (Å²) >= 11 is 3.37. The van der Waals surface area contributed by atoms with Gasteiger partial charge in [-0.05, 0) is 74.7 Å². The zero-order valence-electron chi connectivity index (χ0n) is 20.8. The van der Waals surface area contributed by atoms with Crippen LogP contribution in [0.1, 0.15) is 52.7 Å². The molecule has 4 rings (SSSR count). The fourth-order valence-electron chi connectivity index (χ4n) is 4.21. The Bertz CT molecular complexity index is 1270. The average Bonchev–Trinajstić information content (AvgIpc) is 3.31. The number of hydrogen-bond donors (Lipinski definition) is 1. The van der Waals surface area contributed by atoms with Crippen molar-refractivity contribution in [3.63, 3.8) is 0 Å². The van der Waals surface area contributed by atoms with Crippen molar-refractivity contribution in [1.29, 1.82) is 0 Å². The SMILES string of the molecule is CCOC(=O)c1nn(-c2ccc(OC)cc2)c2c1CCN(c1ccc(NC(=O)CCCCBr)cc1)C2=O. The second-order valence-electron chi connectivity index (χ2n) is 8.45. The van der Waals surface area contributed by atoms with Crippen LogP contribution < -0.4 is 15.0 Å². The number of ether oxygens (including phenoxy) is 2.